The lowest BCUT2D eigenvalue weighted by Gasteiger charge is -2.17. The number of rotatable bonds is 8. The normalized spacial score (nSPS) is 11.6. The minimum absolute atomic E-state index is 0.240. The topological polar surface area (TPSA) is 108 Å². The maximum Gasteiger partial charge on any atom is 0.338 e. The van der Waals surface area contributed by atoms with Gasteiger partial charge in [-0.15, -0.1) is 0 Å². The number of nitrogens with two attached hydrogens (primary N) is 1. The van der Waals surface area contributed by atoms with Crippen LogP contribution in [0.1, 0.15) is 42.6 Å². The van der Waals surface area contributed by atoms with Gasteiger partial charge in [-0.3, -0.25) is 9.59 Å². The molecule has 0 unspecified atom stereocenters. The van der Waals surface area contributed by atoms with Crippen molar-refractivity contribution in [2.75, 3.05) is 11.9 Å². The van der Waals surface area contributed by atoms with Crippen LogP contribution in [0.5, 0.6) is 5.75 Å². The molecule has 0 aliphatic heterocycles. The number of anilines is 1. The van der Waals surface area contributed by atoms with E-state index < -0.39 is 23.9 Å². The minimum atomic E-state index is -0.974. The summed E-state index contributed by atoms with van der Waals surface area (Å²) < 4.78 is 10.4. The SMILES string of the molecule is CC(C)c1ccccc1NC(=O)[C@@H](C)OC(=O)c1ccc(OCC(N)=O)cc1. The second-order valence-electron chi connectivity index (χ2n) is 6.56. The highest BCUT2D eigenvalue weighted by molar-refractivity contribution is 5.97. The van der Waals surface area contributed by atoms with E-state index in [9.17, 15) is 14.4 Å². The first-order valence-corrected chi connectivity index (χ1v) is 8.90. The number of para-hydroxylation sites is 1. The third-order valence-electron chi connectivity index (χ3n) is 3.96. The monoisotopic (exact) mass is 384 g/mol. The van der Waals surface area contributed by atoms with Crippen LogP contribution in [0.3, 0.4) is 0 Å². The maximum absolute atomic E-state index is 12.4. The van der Waals surface area contributed by atoms with E-state index in [0.717, 1.165) is 5.56 Å². The summed E-state index contributed by atoms with van der Waals surface area (Å²) in [6.07, 6.45) is -0.974. The highest BCUT2D eigenvalue weighted by Crippen LogP contribution is 2.24. The molecule has 0 heterocycles. The van der Waals surface area contributed by atoms with Crippen LogP contribution in [0.4, 0.5) is 5.69 Å². The zero-order valence-electron chi connectivity index (χ0n) is 16.1. The molecular formula is C21H24N2O5. The van der Waals surface area contributed by atoms with E-state index in [1.54, 1.807) is 0 Å². The second kappa shape index (κ2) is 9.55. The van der Waals surface area contributed by atoms with Gasteiger partial charge in [0.15, 0.2) is 12.7 Å². The van der Waals surface area contributed by atoms with Gasteiger partial charge in [0.1, 0.15) is 5.75 Å². The number of ether oxygens (including phenoxy) is 2. The first-order valence-electron chi connectivity index (χ1n) is 8.90. The van der Waals surface area contributed by atoms with Gasteiger partial charge in [0.05, 0.1) is 5.56 Å². The maximum atomic E-state index is 12.4. The predicted molar refractivity (Wildman–Crippen MR) is 105 cm³/mol. The Morgan fingerprint density at radius 3 is 2.25 bits per heavy atom. The van der Waals surface area contributed by atoms with Gasteiger partial charge < -0.3 is 20.5 Å². The van der Waals surface area contributed by atoms with E-state index in [1.807, 2.05) is 38.1 Å². The molecule has 0 aromatic heterocycles. The summed E-state index contributed by atoms with van der Waals surface area (Å²) in [5.74, 6) is -1.01. The van der Waals surface area contributed by atoms with Crippen molar-refractivity contribution in [3.05, 3.63) is 59.7 Å². The zero-order valence-corrected chi connectivity index (χ0v) is 16.1. The van der Waals surface area contributed by atoms with E-state index in [2.05, 4.69) is 5.32 Å². The van der Waals surface area contributed by atoms with Gasteiger partial charge in [0.2, 0.25) is 0 Å². The fraction of sp³-hybridized carbons (Fsp3) is 0.286. The quantitative estimate of drug-likeness (QED) is 0.681. The van der Waals surface area contributed by atoms with E-state index in [4.69, 9.17) is 15.2 Å². The molecule has 0 fully saturated rings. The Morgan fingerprint density at radius 2 is 1.64 bits per heavy atom. The van der Waals surface area contributed by atoms with Crippen molar-refractivity contribution >= 4 is 23.5 Å². The highest BCUT2D eigenvalue weighted by Gasteiger charge is 2.20. The molecule has 148 valence electrons. The molecule has 0 aliphatic rings. The molecule has 0 saturated carbocycles. The van der Waals surface area contributed by atoms with Gasteiger partial charge in [-0.05, 0) is 48.7 Å². The lowest BCUT2D eigenvalue weighted by Crippen LogP contribution is -2.30. The van der Waals surface area contributed by atoms with E-state index >= 15 is 0 Å². The van der Waals surface area contributed by atoms with Crippen molar-refractivity contribution in [1.29, 1.82) is 0 Å². The van der Waals surface area contributed by atoms with Crippen molar-refractivity contribution in [2.45, 2.75) is 32.8 Å². The molecule has 0 radical (unpaired) electrons. The van der Waals surface area contributed by atoms with Crippen molar-refractivity contribution in [1.82, 2.24) is 0 Å². The van der Waals surface area contributed by atoms with Crippen LogP contribution in [0.15, 0.2) is 48.5 Å². The van der Waals surface area contributed by atoms with Crippen LogP contribution in [-0.4, -0.2) is 30.5 Å². The molecule has 2 aromatic carbocycles. The average molecular weight is 384 g/mol. The number of hydrogen-bond acceptors (Lipinski definition) is 5. The first kappa shape index (κ1) is 21.0. The zero-order chi connectivity index (χ0) is 20.7. The third kappa shape index (κ3) is 5.84. The largest absolute Gasteiger partial charge is 0.484 e. The van der Waals surface area contributed by atoms with Gasteiger partial charge in [-0.1, -0.05) is 32.0 Å². The summed E-state index contributed by atoms with van der Waals surface area (Å²) in [4.78, 5) is 35.4. The van der Waals surface area contributed by atoms with Crippen LogP contribution in [0, 0.1) is 0 Å². The Kier molecular flexibility index (Phi) is 7.14. The number of carbonyl (C=O) groups is 3. The van der Waals surface area contributed by atoms with Crippen LogP contribution in [0.2, 0.25) is 0 Å². The smallest absolute Gasteiger partial charge is 0.338 e. The number of benzene rings is 2. The molecule has 2 rings (SSSR count). The second-order valence-corrected chi connectivity index (χ2v) is 6.56. The molecule has 0 bridgehead atoms. The Labute approximate surface area is 163 Å². The molecular weight excluding hydrogens is 360 g/mol. The standard InChI is InChI=1S/C21H24N2O5/c1-13(2)17-6-4-5-7-18(17)23-20(25)14(3)28-21(26)15-8-10-16(11-9-15)27-12-19(22)24/h4-11,13-14H,12H2,1-3H3,(H2,22,24)(H,23,25)/t14-/m1/s1. The summed E-state index contributed by atoms with van der Waals surface area (Å²) in [7, 11) is 0. The summed E-state index contributed by atoms with van der Waals surface area (Å²) in [6, 6.07) is 13.5. The van der Waals surface area contributed by atoms with E-state index in [0.29, 0.717) is 11.4 Å². The van der Waals surface area contributed by atoms with Crippen molar-refractivity contribution in [2.24, 2.45) is 5.73 Å². The minimum Gasteiger partial charge on any atom is -0.484 e. The van der Waals surface area contributed by atoms with Crippen molar-refractivity contribution in [3.8, 4) is 5.75 Å². The highest BCUT2D eigenvalue weighted by atomic mass is 16.5. The molecule has 28 heavy (non-hydrogen) atoms. The molecule has 7 nitrogen and oxygen atoms in total. The van der Waals surface area contributed by atoms with Crippen molar-refractivity contribution < 1.29 is 23.9 Å². The summed E-state index contributed by atoms with van der Waals surface area (Å²) in [5, 5.41) is 2.80. The number of nitrogens with one attached hydrogen (secondary N) is 1. The molecule has 0 saturated heterocycles. The number of amides is 2. The number of hydrogen-bond donors (Lipinski definition) is 2. The first-order chi connectivity index (χ1) is 13.3. The van der Waals surface area contributed by atoms with Crippen molar-refractivity contribution in [3.63, 3.8) is 0 Å². The summed E-state index contributed by atoms with van der Waals surface area (Å²) >= 11 is 0. The number of primary amides is 1. The van der Waals surface area contributed by atoms with Gasteiger partial charge in [0, 0.05) is 5.69 Å². The molecule has 0 aliphatic carbocycles. The number of esters is 1. The van der Waals surface area contributed by atoms with Gasteiger partial charge >= 0.3 is 5.97 Å². The molecule has 3 N–H and O–H groups in total. The fourth-order valence-electron chi connectivity index (χ4n) is 2.47. The lowest BCUT2D eigenvalue weighted by atomic mass is 10.0. The fourth-order valence-corrected chi connectivity index (χ4v) is 2.47. The summed E-state index contributed by atoms with van der Waals surface area (Å²) in [6.45, 7) is 5.32. The third-order valence-corrected chi connectivity index (χ3v) is 3.96. The Bertz CT molecular complexity index is 846. The van der Waals surface area contributed by atoms with Crippen LogP contribution in [0.25, 0.3) is 0 Å². The Morgan fingerprint density at radius 1 is 1.00 bits per heavy atom. The van der Waals surface area contributed by atoms with E-state index in [-0.39, 0.29) is 18.1 Å². The van der Waals surface area contributed by atoms with Gasteiger partial charge in [0.25, 0.3) is 11.8 Å². The molecule has 0 spiro atoms. The van der Waals surface area contributed by atoms with Gasteiger partial charge in [-0.2, -0.15) is 0 Å². The van der Waals surface area contributed by atoms with Gasteiger partial charge in [-0.25, -0.2) is 4.79 Å². The van der Waals surface area contributed by atoms with E-state index in [1.165, 1.54) is 31.2 Å². The number of carbonyl (C=O) groups excluding carboxylic acids is 3. The van der Waals surface area contributed by atoms with Crippen LogP contribution >= 0.6 is 0 Å². The Balaban J connectivity index is 1.96. The molecule has 2 amide bonds. The molecule has 2 aromatic rings. The molecule has 7 heteroatoms. The Hall–Kier alpha value is -3.35. The average Bonchev–Trinajstić information content (AvgIpc) is 2.66. The van der Waals surface area contributed by atoms with Crippen LogP contribution < -0.4 is 15.8 Å². The summed E-state index contributed by atoms with van der Waals surface area (Å²) in [5.41, 5.74) is 6.96. The molecule has 1 atom stereocenters. The van der Waals surface area contributed by atoms with Crippen LogP contribution in [-0.2, 0) is 14.3 Å². The lowest BCUT2D eigenvalue weighted by molar-refractivity contribution is -0.123. The predicted octanol–water partition coefficient (Wildman–Crippen LogP) is 2.86.